The predicted octanol–water partition coefficient (Wildman–Crippen LogP) is 13.3. The van der Waals surface area contributed by atoms with Crippen LogP contribution in [0.4, 0.5) is 0 Å². The van der Waals surface area contributed by atoms with Gasteiger partial charge in [-0.3, -0.25) is 0 Å². The first kappa shape index (κ1) is 32.9. The van der Waals surface area contributed by atoms with Crippen LogP contribution in [0.3, 0.4) is 0 Å². The maximum atomic E-state index is 7.20. The summed E-state index contributed by atoms with van der Waals surface area (Å²) in [6.07, 6.45) is 0. The highest BCUT2D eigenvalue weighted by Crippen LogP contribution is 2.64. The van der Waals surface area contributed by atoms with Crippen molar-refractivity contribution in [1.29, 1.82) is 0 Å². The monoisotopic (exact) mass is 761 g/mol. The van der Waals surface area contributed by atoms with E-state index in [1.54, 1.807) is 11.8 Å². The van der Waals surface area contributed by atoms with Crippen LogP contribution < -0.4 is 9.47 Å². The molecule has 5 nitrogen and oxygen atoms in total. The second-order valence-electron chi connectivity index (χ2n) is 14.6. The molecule has 12 rings (SSSR count). The van der Waals surface area contributed by atoms with E-state index in [0.717, 1.165) is 71.7 Å². The Morgan fingerprint density at radius 3 is 1.47 bits per heavy atom. The lowest BCUT2D eigenvalue weighted by atomic mass is 9.66. The Kier molecular flexibility index (Phi) is 7.31. The lowest BCUT2D eigenvalue weighted by Crippen LogP contribution is -2.32. The van der Waals surface area contributed by atoms with Gasteiger partial charge in [-0.15, -0.1) is 0 Å². The van der Waals surface area contributed by atoms with Gasteiger partial charge in [-0.25, -0.2) is 15.0 Å². The molecule has 3 heterocycles. The predicted molar refractivity (Wildman–Crippen MR) is 230 cm³/mol. The van der Waals surface area contributed by atoms with E-state index in [4.69, 9.17) is 24.4 Å². The summed E-state index contributed by atoms with van der Waals surface area (Å²) in [4.78, 5) is 17.2. The van der Waals surface area contributed by atoms with Crippen molar-refractivity contribution in [2.45, 2.75) is 15.2 Å². The second kappa shape index (κ2) is 12.9. The van der Waals surface area contributed by atoms with Crippen LogP contribution in [0.15, 0.2) is 198 Å². The Hall–Kier alpha value is -7.28. The van der Waals surface area contributed by atoms with Crippen molar-refractivity contribution in [2.24, 2.45) is 0 Å². The van der Waals surface area contributed by atoms with E-state index in [1.165, 1.54) is 22.3 Å². The van der Waals surface area contributed by atoms with Gasteiger partial charge >= 0.3 is 0 Å². The molecule has 8 aromatic carbocycles. The van der Waals surface area contributed by atoms with Gasteiger partial charge in [0.2, 0.25) is 0 Å². The molecular weight excluding hydrogens is 731 g/mol. The zero-order valence-electron chi connectivity index (χ0n) is 31.0. The highest BCUT2D eigenvalue weighted by molar-refractivity contribution is 7.99. The van der Waals surface area contributed by atoms with Crippen molar-refractivity contribution in [3.8, 4) is 79.4 Å². The first-order chi connectivity index (χ1) is 28.8. The third-order valence-corrected chi connectivity index (χ3v) is 12.6. The van der Waals surface area contributed by atoms with Gasteiger partial charge in [-0.2, -0.15) is 0 Å². The average molecular weight is 762 g/mol. The third kappa shape index (κ3) is 4.82. The normalized spacial score (nSPS) is 13.5. The Balaban J connectivity index is 1.05. The van der Waals surface area contributed by atoms with Gasteiger partial charge in [0.15, 0.2) is 23.2 Å². The van der Waals surface area contributed by atoms with E-state index >= 15 is 0 Å². The van der Waals surface area contributed by atoms with Gasteiger partial charge in [0.05, 0.1) is 20.8 Å². The standard InChI is InChI=1S/C52H31N3O2S/c1-3-16-32(17-4-1)49-53-50(33-18-5-2-6-19-33)55-51(54-49)37-23-15-31-45-48(37)57-47-35(22-14-30-44(47)58-45)34-21-13-27-41-46(34)36-20-7-8-24-38(36)52(41)39-25-9-11-28-42(39)56-43-29-12-10-26-40(43)52/h1-31H. The van der Waals surface area contributed by atoms with Crippen molar-refractivity contribution in [3.63, 3.8) is 0 Å². The van der Waals surface area contributed by atoms with Crippen molar-refractivity contribution in [1.82, 2.24) is 15.0 Å². The van der Waals surface area contributed by atoms with Gasteiger partial charge in [-0.1, -0.05) is 169 Å². The number of ether oxygens (including phenoxy) is 2. The summed E-state index contributed by atoms with van der Waals surface area (Å²) < 4.78 is 13.8. The smallest absolute Gasteiger partial charge is 0.167 e. The van der Waals surface area contributed by atoms with Gasteiger partial charge in [0, 0.05) is 27.8 Å². The minimum atomic E-state index is -0.566. The summed E-state index contributed by atoms with van der Waals surface area (Å²) in [5.74, 6) is 5.06. The number of rotatable bonds is 4. The fourth-order valence-electron chi connectivity index (χ4n) is 9.07. The largest absolute Gasteiger partial charge is 0.457 e. The van der Waals surface area contributed by atoms with Crippen molar-refractivity contribution in [3.05, 3.63) is 210 Å². The average Bonchev–Trinajstić information content (AvgIpc) is 3.59. The van der Waals surface area contributed by atoms with E-state index in [2.05, 4.69) is 121 Å². The summed E-state index contributed by atoms with van der Waals surface area (Å²) in [6.45, 7) is 0. The summed E-state index contributed by atoms with van der Waals surface area (Å²) in [7, 11) is 0. The molecule has 0 amide bonds. The molecule has 272 valence electrons. The van der Waals surface area contributed by atoms with E-state index in [9.17, 15) is 0 Å². The fraction of sp³-hybridized carbons (Fsp3) is 0.0192. The van der Waals surface area contributed by atoms with Gasteiger partial charge in [0.25, 0.3) is 0 Å². The summed E-state index contributed by atoms with van der Waals surface area (Å²) >= 11 is 1.71. The molecule has 58 heavy (non-hydrogen) atoms. The third-order valence-electron chi connectivity index (χ3n) is 11.5. The topological polar surface area (TPSA) is 57.1 Å². The van der Waals surface area contributed by atoms with Crippen molar-refractivity contribution in [2.75, 3.05) is 0 Å². The molecule has 0 fully saturated rings. The lowest BCUT2D eigenvalue weighted by molar-refractivity contribution is 0.436. The van der Waals surface area contributed by atoms with Crippen molar-refractivity contribution >= 4 is 11.8 Å². The Labute approximate surface area is 339 Å². The molecule has 1 aliphatic carbocycles. The minimum Gasteiger partial charge on any atom is -0.457 e. The van der Waals surface area contributed by atoms with Crippen LogP contribution >= 0.6 is 11.8 Å². The summed E-state index contributed by atoms with van der Waals surface area (Å²) in [5, 5.41) is 0. The highest BCUT2D eigenvalue weighted by Gasteiger charge is 2.51. The molecule has 0 unspecified atom stereocenters. The molecule has 6 heteroatoms. The molecular formula is C52H31N3O2S. The Morgan fingerprint density at radius 2 is 0.810 bits per heavy atom. The van der Waals surface area contributed by atoms with Crippen LogP contribution in [0, 0.1) is 0 Å². The fourth-order valence-corrected chi connectivity index (χ4v) is 10.1. The second-order valence-corrected chi connectivity index (χ2v) is 15.7. The number of aromatic nitrogens is 3. The quantitative estimate of drug-likeness (QED) is 0.178. The van der Waals surface area contributed by atoms with Crippen LogP contribution in [0.5, 0.6) is 23.0 Å². The molecule has 2 aliphatic heterocycles. The van der Waals surface area contributed by atoms with E-state index < -0.39 is 5.41 Å². The number of fused-ring (bicyclic) bond motifs is 11. The molecule has 0 saturated carbocycles. The maximum absolute atomic E-state index is 7.20. The number of hydrogen-bond donors (Lipinski definition) is 0. The first-order valence-electron chi connectivity index (χ1n) is 19.4. The Morgan fingerprint density at radius 1 is 0.345 bits per heavy atom. The van der Waals surface area contributed by atoms with Crippen molar-refractivity contribution < 1.29 is 9.47 Å². The van der Waals surface area contributed by atoms with Gasteiger partial charge in [-0.05, 0) is 58.1 Å². The number of benzene rings is 8. The molecule has 0 radical (unpaired) electrons. The van der Waals surface area contributed by atoms with E-state index in [0.29, 0.717) is 17.5 Å². The number of para-hydroxylation sites is 4. The molecule has 0 bridgehead atoms. The molecule has 0 saturated heterocycles. The zero-order chi connectivity index (χ0) is 38.2. The zero-order valence-corrected chi connectivity index (χ0v) is 31.8. The molecule has 9 aromatic rings. The number of hydrogen-bond acceptors (Lipinski definition) is 6. The van der Waals surface area contributed by atoms with Crippen LogP contribution in [0.2, 0.25) is 0 Å². The van der Waals surface area contributed by atoms with Crippen LogP contribution in [-0.2, 0) is 5.41 Å². The molecule has 1 spiro atoms. The first-order valence-corrected chi connectivity index (χ1v) is 20.2. The molecule has 0 N–H and O–H groups in total. The summed E-state index contributed by atoms with van der Waals surface area (Å²) in [5.41, 5.74) is 11.4. The number of nitrogens with zero attached hydrogens (tertiary/aromatic N) is 3. The minimum absolute atomic E-state index is 0.555. The van der Waals surface area contributed by atoms with Gasteiger partial charge in [0.1, 0.15) is 17.2 Å². The maximum Gasteiger partial charge on any atom is 0.167 e. The van der Waals surface area contributed by atoms with Crippen LogP contribution in [0.1, 0.15) is 22.3 Å². The van der Waals surface area contributed by atoms with Crippen LogP contribution in [-0.4, -0.2) is 15.0 Å². The van der Waals surface area contributed by atoms with Crippen LogP contribution in [0.25, 0.3) is 56.4 Å². The van der Waals surface area contributed by atoms with Gasteiger partial charge < -0.3 is 9.47 Å². The molecule has 3 aliphatic rings. The van der Waals surface area contributed by atoms with E-state index in [1.807, 2.05) is 66.7 Å². The molecule has 1 aromatic heterocycles. The molecule has 0 atom stereocenters. The Bertz CT molecular complexity index is 3010. The van der Waals surface area contributed by atoms with E-state index in [-0.39, 0.29) is 0 Å². The summed E-state index contributed by atoms with van der Waals surface area (Å²) in [6, 6.07) is 65.4. The highest BCUT2D eigenvalue weighted by atomic mass is 32.2. The SMILES string of the molecule is c1ccc(-c2nc(-c3ccccc3)nc(-c3cccc4c3Oc3c(cccc3-c3cccc5c3-c3ccccc3C53c5ccccc5Oc5ccccc53)S4)n2)cc1. The lowest BCUT2D eigenvalue weighted by Gasteiger charge is -2.39.